The van der Waals surface area contributed by atoms with Crippen LogP contribution in [0.1, 0.15) is 29.8 Å². The Kier molecular flexibility index (Phi) is 4.18. The number of benzene rings is 2. The number of rotatable bonds is 4. The molecule has 1 aliphatic heterocycles. The summed E-state index contributed by atoms with van der Waals surface area (Å²) in [5, 5.41) is 3.34. The van der Waals surface area contributed by atoms with E-state index in [0.29, 0.717) is 28.6 Å². The molecule has 0 fully saturated rings. The monoisotopic (exact) mass is 331 g/mol. The van der Waals surface area contributed by atoms with Crippen LogP contribution in [0.3, 0.4) is 0 Å². The van der Waals surface area contributed by atoms with Crippen molar-refractivity contribution < 1.29 is 14.3 Å². The number of ether oxygens (including phenoxy) is 2. The molecule has 4 nitrogen and oxygen atoms in total. The minimum atomic E-state index is -0.186. The van der Waals surface area contributed by atoms with Gasteiger partial charge in [0.05, 0.1) is 5.02 Å². The van der Waals surface area contributed by atoms with E-state index in [9.17, 15) is 4.79 Å². The highest BCUT2D eigenvalue weighted by Crippen LogP contribution is 2.39. The van der Waals surface area contributed by atoms with Gasteiger partial charge in [0.1, 0.15) is 0 Å². The van der Waals surface area contributed by atoms with E-state index in [1.54, 1.807) is 12.1 Å². The molecule has 5 heteroatoms. The Morgan fingerprint density at radius 1 is 1.22 bits per heavy atom. The van der Waals surface area contributed by atoms with Gasteiger partial charge >= 0.3 is 0 Å². The molecule has 0 spiro atoms. The maximum Gasteiger partial charge on any atom is 0.251 e. The highest BCUT2D eigenvalue weighted by molar-refractivity contribution is 6.32. The third-order valence-corrected chi connectivity index (χ3v) is 4.22. The quantitative estimate of drug-likeness (QED) is 0.927. The van der Waals surface area contributed by atoms with Gasteiger partial charge in [-0.1, -0.05) is 55.8 Å². The first-order chi connectivity index (χ1) is 11.0. The lowest BCUT2D eigenvalue weighted by Crippen LogP contribution is -2.36. The minimum Gasteiger partial charge on any atom is -0.454 e. The number of amides is 1. The van der Waals surface area contributed by atoms with Crippen LogP contribution in [-0.2, 0) is 5.41 Å². The number of carbonyl (C=O) groups excluding carboxylic acids is 1. The van der Waals surface area contributed by atoms with Gasteiger partial charge in [-0.3, -0.25) is 4.79 Å². The van der Waals surface area contributed by atoms with Crippen LogP contribution in [0, 0.1) is 0 Å². The van der Waals surface area contributed by atoms with Crippen molar-refractivity contribution in [3.05, 3.63) is 58.6 Å². The van der Waals surface area contributed by atoms with Crippen LogP contribution < -0.4 is 14.8 Å². The van der Waals surface area contributed by atoms with Crippen molar-refractivity contribution in [3.8, 4) is 11.5 Å². The highest BCUT2D eigenvalue weighted by Gasteiger charge is 2.24. The van der Waals surface area contributed by atoms with Gasteiger partial charge < -0.3 is 14.8 Å². The summed E-state index contributed by atoms with van der Waals surface area (Å²) >= 11 is 6.12. The second-order valence-corrected chi connectivity index (χ2v) is 6.53. The van der Waals surface area contributed by atoms with E-state index >= 15 is 0 Å². The normalized spacial score (nSPS) is 13.0. The predicted molar refractivity (Wildman–Crippen MR) is 89.4 cm³/mol. The highest BCUT2D eigenvalue weighted by atomic mass is 35.5. The van der Waals surface area contributed by atoms with Gasteiger partial charge in [0.2, 0.25) is 6.79 Å². The molecule has 0 aliphatic carbocycles. The molecule has 1 amide bonds. The topological polar surface area (TPSA) is 47.6 Å². The lowest BCUT2D eigenvalue weighted by atomic mass is 9.84. The molecular weight excluding hydrogens is 314 g/mol. The number of hydrogen-bond acceptors (Lipinski definition) is 3. The molecule has 0 aromatic heterocycles. The first-order valence-electron chi connectivity index (χ1n) is 7.40. The fourth-order valence-corrected chi connectivity index (χ4v) is 2.76. The molecule has 1 aliphatic rings. The SMILES string of the molecule is CC(C)(CNC(=O)c1cc(Cl)c2c(c1)OCO2)c1ccccc1. The second kappa shape index (κ2) is 6.13. The zero-order chi connectivity index (χ0) is 16.4. The van der Waals surface area contributed by atoms with Crippen molar-refractivity contribution in [2.45, 2.75) is 19.3 Å². The Morgan fingerprint density at radius 2 is 1.96 bits per heavy atom. The van der Waals surface area contributed by atoms with Crippen molar-refractivity contribution in [3.63, 3.8) is 0 Å². The summed E-state index contributed by atoms with van der Waals surface area (Å²) in [4.78, 5) is 12.4. The van der Waals surface area contributed by atoms with Gasteiger partial charge in [-0.15, -0.1) is 0 Å². The summed E-state index contributed by atoms with van der Waals surface area (Å²) in [6.07, 6.45) is 0. The summed E-state index contributed by atoms with van der Waals surface area (Å²) in [7, 11) is 0. The zero-order valence-corrected chi connectivity index (χ0v) is 13.8. The maximum atomic E-state index is 12.4. The van der Waals surface area contributed by atoms with Crippen LogP contribution >= 0.6 is 11.6 Å². The van der Waals surface area contributed by atoms with Crippen molar-refractivity contribution in [1.29, 1.82) is 0 Å². The molecule has 0 radical (unpaired) electrons. The Bertz CT molecular complexity index is 729. The summed E-state index contributed by atoms with van der Waals surface area (Å²) in [5.74, 6) is 0.812. The van der Waals surface area contributed by atoms with E-state index in [1.807, 2.05) is 18.2 Å². The van der Waals surface area contributed by atoms with Crippen molar-refractivity contribution >= 4 is 17.5 Å². The summed E-state index contributed by atoms with van der Waals surface area (Å²) in [5.41, 5.74) is 1.46. The molecule has 23 heavy (non-hydrogen) atoms. The molecule has 2 aromatic rings. The average molecular weight is 332 g/mol. The van der Waals surface area contributed by atoms with Crippen LogP contribution in [0.4, 0.5) is 0 Å². The lowest BCUT2D eigenvalue weighted by molar-refractivity contribution is 0.0945. The number of fused-ring (bicyclic) bond motifs is 1. The third-order valence-electron chi connectivity index (χ3n) is 3.94. The van der Waals surface area contributed by atoms with Crippen molar-refractivity contribution in [1.82, 2.24) is 5.32 Å². The van der Waals surface area contributed by atoms with Gasteiger partial charge in [-0.05, 0) is 17.7 Å². The minimum absolute atomic E-state index is 0.126. The number of nitrogens with one attached hydrogen (secondary N) is 1. The van der Waals surface area contributed by atoms with Gasteiger partial charge in [0.15, 0.2) is 11.5 Å². The van der Waals surface area contributed by atoms with E-state index < -0.39 is 0 Å². The number of halogens is 1. The molecule has 2 aromatic carbocycles. The van der Waals surface area contributed by atoms with Gasteiger partial charge in [-0.2, -0.15) is 0 Å². The molecule has 0 unspecified atom stereocenters. The van der Waals surface area contributed by atoms with E-state index in [2.05, 4.69) is 31.3 Å². The maximum absolute atomic E-state index is 12.4. The first-order valence-corrected chi connectivity index (χ1v) is 7.78. The van der Waals surface area contributed by atoms with Crippen LogP contribution in [0.25, 0.3) is 0 Å². The smallest absolute Gasteiger partial charge is 0.251 e. The summed E-state index contributed by atoms with van der Waals surface area (Å²) in [6.45, 7) is 4.83. The molecule has 0 atom stereocenters. The molecule has 1 N–H and O–H groups in total. The second-order valence-electron chi connectivity index (χ2n) is 6.12. The Hall–Kier alpha value is -2.20. The lowest BCUT2D eigenvalue weighted by Gasteiger charge is -2.25. The zero-order valence-electron chi connectivity index (χ0n) is 13.1. The average Bonchev–Trinajstić information content (AvgIpc) is 3.02. The van der Waals surface area contributed by atoms with Crippen LogP contribution in [0.2, 0.25) is 5.02 Å². The molecule has 3 rings (SSSR count). The van der Waals surface area contributed by atoms with Gasteiger partial charge in [0.25, 0.3) is 5.91 Å². The van der Waals surface area contributed by atoms with Gasteiger partial charge in [-0.25, -0.2) is 0 Å². The Balaban J connectivity index is 1.72. The molecular formula is C18H18ClNO3. The molecule has 120 valence electrons. The van der Waals surface area contributed by atoms with Gasteiger partial charge in [0, 0.05) is 17.5 Å². The van der Waals surface area contributed by atoms with E-state index in [-0.39, 0.29) is 18.1 Å². The standard InChI is InChI=1S/C18H18ClNO3/c1-18(2,13-6-4-3-5-7-13)10-20-17(21)12-8-14(19)16-15(9-12)22-11-23-16/h3-9H,10-11H2,1-2H3,(H,20,21). The van der Waals surface area contributed by atoms with Crippen LogP contribution in [0.5, 0.6) is 11.5 Å². The summed E-state index contributed by atoms with van der Waals surface area (Å²) in [6, 6.07) is 13.3. The molecule has 1 heterocycles. The van der Waals surface area contributed by atoms with Crippen LogP contribution in [0.15, 0.2) is 42.5 Å². The number of hydrogen-bond donors (Lipinski definition) is 1. The van der Waals surface area contributed by atoms with Crippen molar-refractivity contribution in [2.75, 3.05) is 13.3 Å². The third kappa shape index (κ3) is 3.27. The molecule has 0 saturated carbocycles. The van der Waals surface area contributed by atoms with Crippen molar-refractivity contribution in [2.24, 2.45) is 0 Å². The molecule has 0 saturated heterocycles. The Labute approximate surface area is 140 Å². The van der Waals surface area contributed by atoms with E-state index in [4.69, 9.17) is 21.1 Å². The predicted octanol–water partition coefficient (Wildman–Crippen LogP) is 3.78. The summed E-state index contributed by atoms with van der Waals surface area (Å²) < 4.78 is 10.5. The fourth-order valence-electron chi connectivity index (χ4n) is 2.49. The molecule has 0 bridgehead atoms. The van der Waals surface area contributed by atoms with E-state index in [1.165, 1.54) is 5.56 Å². The first kappa shape index (κ1) is 15.7. The fraction of sp³-hybridized carbons (Fsp3) is 0.278. The number of carbonyl (C=O) groups is 1. The van der Waals surface area contributed by atoms with Crippen LogP contribution in [-0.4, -0.2) is 19.2 Å². The Morgan fingerprint density at radius 3 is 2.70 bits per heavy atom. The largest absolute Gasteiger partial charge is 0.454 e. The van der Waals surface area contributed by atoms with E-state index in [0.717, 1.165) is 0 Å².